The fourth-order valence-electron chi connectivity index (χ4n) is 1.80. The third kappa shape index (κ3) is 5.43. The lowest BCUT2D eigenvalue weighted by Crippen LogP contribution is -2.51. The van der Waals surface area contributed by atoms with Crippen LogP contribution >= 0.6 is 0 Å². The zero-order valence-corrected chi connectivity index (χ0v) is 12.9. The van der Waals surface area contributed by atoms with Crippen molar-refractivity contribution >= 4 is 12.0 Å². The molecule has 0 heterocycles. The number of likely N-dealkylation sites (N-methyl/N-ethyl adjacent to an activating group) is 1. The van der Waals surface area contributed by atoms with E-state index in [1.807, 2.05) is 30.3 Å². The smallest absolute Gasteiger partial charge is 0.410 e. The first-order chi connectivity index (χ1) is 9.74. The number of nitrogens with zero attached hydrogens (tertiary/aromatic N) is 1. The highest BCUT2D eigenvalue weighted by molar-refractivity contribution is 5.85. The van der Waals surface area contributed by atoms with Crippen LogP contribution in [0.2, 0.25) is 0 Å². The molecule has 1 rings (SSSR count). The van der Waals surface area contributed by atoms with Crippen LogP contribution in [0.4, 0.5) is 4.79 Å². The predicted molar refractivity (Wildman–Crippen MR) is 80.3 cm³/mol. The maximum absolute atomic E-state index is 12.1. The van der Waals surface area contributed by atoms with Crippen LogP contribution in [0.1, 0.15) is 26.3 Å². The van der Waals surface area contributed by atoms with Crippen molar-refractivity contribution in [1.82, 2.24) is 10.3 Å². The summed E-state index contributed by atoms with van der Waals surface area (Å²) in [5.74, 6) is 4.78. The van der Waals surface area contributed by atoms with E-state index in [1.165, 1.54) is 11.9 Å². The molecule has 3 N–H and O–H groups in total. The van der Waals surface area contributed by atoms with Crippen LogP contribution in [0.25, 0.3) is 0 Å². The number of carbonyl (C=O) groups excluding carboxylic acids is 2. The highest BCUT2D eigenvalue weighted by Gasteiger charge is 2.30. The van der Waals surface area contributed by atoms with Crippen molar-refractivity contribution in [3.05, 3.63) is 35.9 Å². The summed E-state index contributed by atoms with van der Waals surface area (Å²) in [6.07, 6.45) is -0.202. The van der Waals surface area contributed by atoms with E-state index < -0.39 is 23.6 Å². The molecule has 0 spiro atoms. The van der Waals surface area contributed by atoms with Crippen LogP contribution < -0.4 is 11.3 Å². The summed E-state index contributed by atoms with van der Waals surface area (Å²) in [5.41, 5.74) is 2.40. The first-order valence-electron chi connectivity index (χ1n) is 6.75. The van der Waals surface area contributed by atoms with E-state index in [2.05, 4.69) is 5.43 Å². The monoisotopic (exact) mass is 293 g/mol. The Morgan fingerprint density at radius 1 is 1.29 bits per heavy atom. The Hall–Kier alpha value is -2.08. The molecule has 2 amide bonds. The summed E-state index contributed by atoms with van der Waals surface area (Å²) in [4.78, 5) is 25.3. The lowest BCUT2D eigenvalue weighted by Gasteiger charge is -2.29. The average molecular weight is 293 g/mol. The Morgan fingerprint density at radius 2 is 1.86 bits per heavy atom. The molecule has 1 unspecified atom stereocenters. The number of nitrogens with two attached hydrogens (primary N) is 1. The fraction of sp³-hybridized carbons (Fsp3) is 0.467. The van der Waals surface area contributed by atoms with E-state index in [-0.39, 0.29) is 0 Å². The third-order valence-electron chi connectivity index (χ3n) is 2.87. The van der Waals surface area contributed by atoms with Gasteiger partial charge in [0.05, 0.1) is 0 Å². The molecular formula is C15H23N3O3. The summed E-state index contributed by atoms with van der Waals surface area (Å²) in [6.45, 7) is 5.32. The molecule has 6 heteroatoms. The largest absolute Gasteiger partial charge is 0.444 e. The molecule has 116 valence electrons. The van der Waals surface area contributed by atoms with Gasteiger partial charge in [-0.2, -0.15) is 0 Å². The van der Waals surface area contributed by atoms with Crippen molar-refractivity contribution in [2.75, 3.05) is 7.05 Å². The quantitative estimate of drug-likeness (QED) is 0.500. The van der Waals surface area contributed by atoms with Gasteiger partial charge in [-0.25, -0.2) is 10.6 Å². The van der Waals surface area contributed by atoms with Crippen molar-refractivity contribution < 1.29 is 14.3 Å². The van der Waals surface area contributed by atoms with Crippen molar-refractivity contribution in [1.29, 1.82) is 0 Å². The molecule has 1 atom stereocenters. The van der Waals surface area contributed by atoms with Crippen molar-refractivity contribution in [3.63, 3.8) is 0 Å². The van der Waals surface area contributed by atoms with Gasteiger partial charge in [-0.1, -0.05) is 30.3 Å². The van der Waals surface area contributed by atoms with E-state index in [0.29, 0.717) is 6.42 Å². The molecular weight excluding hydrogens is 270 g/mol. The maximum Gasteiger partial charge on any atom is 0.410 e. The standard InChI is InChI=1S/C15H23N3O3/c1-15(2,3)21-14(20)18(4)12(13(19)17-16)10-11-8-6-5-7-9-11/h5-9,12H,10,16H2,1-4H3,(H,17,19). The summed E-state index contributed by atoms with van der Waals surface area (Å²) >= 11 is 0. The zero-order valence-electron chi connectivity index (χ0n) is 12.9. The molecule has 6 nitrogen and oxygen atoms in total. The van der Waals surface area contributed by atoms with Gasteiger partial charge in [0.15, 0.2) is 0 Å². The summed E-state index contributed by atoms with van der Waals surface area (Å²) < 4.78 is 5.28. The number of benzene rings is 1. The van der Waals surface area contributed by atoms with Gasteiger partial charge in [0.2, 0.25) is 0 Å². The molecule has 0 fully saturated rings. The Morgan fingerprint density at radius 3 is 2.33 bits per heavy atom. The second-order valence-electron chi connectivity index (χ2n) is 5.81. The average Bonchev–Trinajstić information content (AvgIpc) is 2.42. The number of nitrogens with one attached hydrogen (secondary N) is 1. The first kappa shape index (κ1) is 17.0. The van der Waals surface area contributed by atoms with Crippen LogP contribution in [0.15, 0.2) is 30.3 Å². The summed E-state index contributed by atoms with van der Waals surface area (Å²) in [6, 6.07) is 8.69. The number of ether oxygens (including phenoxy) is 1. The molecule has 0 aliphatic rings. The Balaban J connectivity index is 2.87. The molecule has 0 aliphatic heterocycles. The van der Waals surface area contributed by atoms with E-state index in [4.69, 9.17) is 10.6 Å². The minimum absolute atomic E-state index is 0.361. The predicted octanol–water partition coefficient (Wildman–Crippen LogP) is 1.45. The number of amides is 2. The molecule has 0 aliphatic carbocycles. The molecule has 0 aromatic heterocycles. The van der Waals surface area contributed by atoms with Crippen LogP contribution in [-0.4, -0.2) is 35.6 Å². The second-order valence-corrected chi connectivity index (χ2v) is 5.81. The number of carbonyl (C=O) groups is 2. The van der Waals surface area contributed by atoms with E-state index >= 15 is 0 Å². The molecule has 0 radical (unpaired) electrons. The van der Waals surface area contributed by atoms with Gasteiger partial charge in [0.1, 0.15) is 11.6 Å². The van der Waals surface area contributed by atoms with Crippen molar-refractivity contribution in [2.24, 2.45) is 5.84 Å². The Labute approximate surface area is 125 Å². The Bertz CT molecular complexity index is 483. The first-order valence-corrected chi connectivity index (χ1v) is 6.75. The zero-order chi connectivity index (χ0) is 16.0. The maximum atomic E-state index is 12.1. The molecule has 0 bridgehead atoms. The molecule has 0 saturated heterocycles. The SMILES string of the molecule is CN(C(=O)OC(C)(C)C)C(Cc1ccccc1)C(=O)NN. The number of rotatable bonds is 4. The van der Waals surface area contributed by atoms with Gasteiger partial charge in [0.25, 0.3) is 5.91 Å². The molecule has 1 aromatic carbocycles. The van der Waals surface area contributed by atoms with Gasteiger partial charge < -0.3 is 4.74 Å². The van der Waals surface area contributed by atoms with Crippen LogP contribution in [0, 0.1) is 0 Å². The lowest BCUT2D eigenvalue weighted by atomic mass is 10.0. The molecule has 1 aromatic rings. The van der Waals surface area contributed by atoms with Crippen molar-refractivity contribution in [2.45, 2.75) is 38.8 Å². The normalized spacial score (nSPS) is 12.4. The van der Waals surface area contributed by atoms with E-state index in [9.17, 15) is 9.59 Å². The second kappa shape index (κ2) is 7.08. The summed E-state index contributed by atoms with van der Waals surface area (Å²) in [7, 11) is 1.52. The van der Waals surface area contributed by atoms with Gasteiger partial charge in [0, 0.05) is 13.5 Å². The Kier molecular flexibility index (Phi) is 5.72. The number of hydrogen-bond donors (Lipinski definition) is 2. The van der Waals surface area contributed by atoms with Crippen LogP contribution in [-0.2, 0) is 16.0 Å². The highest BCUT2D eigenvalue weighted by Crippen LogP contribution is 2.13. The van der Waals surface area contributed by atoms with Gasteiger partial charge in [-0.3, -0.25) is 15.1 Å². The van der Waals surface area contributed by atoms with E-state index in [0.717, 1.165) is 5.56 Å². The van der Waals surface area contributed by atoms with Gasteiger partial charge in [-0.05, 0) is 26.3 Å². The van der Waals surface area contributed by atoms with Crippen LogP contribution in [0.5, 0.6) is 0 Å². The summed E-state index contributed by atoms with van der Waals surface area (Å²) in [5, 5.41) is 0. The topological polar surface area (TPSA) is 84.7 Å². The van der Waals surface area contributed by atoms with Gasteiger partial charge >= 0.3 is 6.09 Å². The number of hydrazine groups is 1. The fourth-order valence-corrected chi connectivity index (χ4v) is 1.80. The molecule has 21 heavy (non-hydrogen) atoms. The lowest BCUT2D eigenvalue weighted by molar-refractivity contribution is -0.126. The van der Waals surface area contributed by atoms with E-state index in [1.54, 1.807) is 20.8 Å². The van der Waals surface area contributed by atoms with Crippen LogP contribution in [0.3, 0.4) is 0 Å². The van der Waals surface area contributed by atoms with Gasteiger partial charge in [-0.15, -0.1) is 0 Å². The number of hydrogen-bond acceptors (Lipinski definition) is 4. The third-order valence-corrected chi connectivity index (χ3v) is 2.87. The minimum Gasteiger partial charge on any atom is -0.444 e. The highest BCUT2D eigenvalue weighted by atomic mass is 16.6. The van der Waals surface area contributed by atoms with Crippen molar-refractivity contribution in [3.8, 4) is 0 Å². The minimum atomic E-state index is -0.729. The molecule has 0 saturated carbocycles.